The van der Waals surface area contributed by atoms with Crippen molar-refractivity contribution in [3.8, 4) is 0 Å². The maximum atomic E-state index is 11.6. The molecular weight excluding hydrogens is 236 g/mol. The molecule has 3 heteroatoms. The van der Waals surface area contributed by atoms with Gasteiger partial charge in [0, 0.05) is 13.0 Å². The second kappa shape index (κ2) is 9.56. The van der Waals surface area contributed by atoms with Crippen LogP contribution in [0.1, 0.15) is 50.5 Å². The lowest BCUT2D eigenvalue weighted by Crippen LogP contribution is -2.25. The fraction of sp³-hybridized carbons (Fsp3) is 0.562. The molecule has 3 nitrogen and oxygen atoms in total. The van der Waals surface area contributed by atoms with Gasteiger partial charge in [0.25, 0.3) is 0 Å². The molecule has 1 aromatic carbocycles. The molecule has 0 aliphatic rings. The van der Waals surface area contributed by atoms with Crippen molar-refractivity contribution >= 4 is 5.91 Å². The van der Waals surface area contributed by atoms with Gasteiger partial charge in [-0.15, -0.1) is 0 Å². The van der Waals surface area contributed by atoms with Crippen molar-refractivity contribution in [3.05, 3.63) is 35.9 Å². The lowest BCUT2D eigenvalue weighted by molar-refractivity contribution is -0.121. The fourth-order valence-corrected chi connectivity index (χ4v) is 2.07. The molecule has 0 spiro atoms. The molecular formula is C16H26N2O. The highest BCUT2D eigenvalue weighted by Crippen LogP contribution is 2.17. The summed E-state index contributed by atoms with van der Waals surface area (Å²) in [6.07, 6.45) is 4.61. The number of nitrogens with one attached hydrogen (secondary N) is 1. The number of rotatable bonds is 9. The zero-order valence-corrected chi connectivity index (χ0v) is 11.9. The van der Waals surface area contributed by atoms with Gasteiger partial charge in [-0.25, -0.2) is 0 Å². The van der Waals surface area contributed by atoms with Crippen LogP contribution in [0.25, 0.3) is 0 Å². The summed E-state index contributed by atoms with van der Waals surface area (Å²) in [7, 11) is 0. The largest absolute Gasteiger partial charge is 0.356 e. The smallest absolute Gasteiger partial charge is 0.219 e. The van der Waals surface area contributed by atoms with E-state index in [-0.39, 0.29) is 5.91 Å². The molecule has 3 N–H and O–H groups in total. The van der Waals surface area contributed by atoms with Gasteiger partial charge in [-0.3, -0.25) is 4.79 Å². The number of carbonyl (C=O) groups excluding carboxylic acids is 1. The number of unbranched alkanes of at least 4 members (excludes halogenated alkanes) is 2. The van der Waals surface area contributed by atoms with Gasteiger partial charge < -0.3 is 11.1 Å². The van der Waals surface area contributed by atoms with Crippen LogP contribution < -0.4 is 11.1 Å². The van der Waals surface area contributed by atoms with Gasteiger partial charge in [0.05, 0.1) is 0 Å². The van der Waals surface area contributed by atoms with Crippen LogP contribution in [0.5, 0.6) is 0 Å². The Morgan fingerprint density at radius 3 is 2.63 bits per heavy atom. The molecule has 0 fully saturated rings. The van der Waals surface area contributed by atoms with Crippen molar-refractivity contribution in [2.24, 2.45) is 5.73 Å². The zero-order valence-electron chi connectivity index (χ0n) is 11.9. The van der Waals surface area contributed by atoms with Crippen LogP contribution in [0.3, 0.4) is 0 Å². The van der Waals surface area contributed by atoms with Gasteiger partial charge in [0.1, 0.15) is 0 Å². The predicted molar refractivity (Wildman–Crippen MR) is 80.0 cm³/mol. The lowest BCUT2D eigenvalue weighted by atomic mass is 9.98. The Labute approximate surface area is 116 Å². The van der Waals surface area contributed by atoms with Crippen molar-refractivity contribution in [3.63, 3.8) is 0 Å². The minimum absolute atomic E-state index is 0.164. The highest BCUT2D eigenvalue weighted by molar-refractivity contribution is 5.75. The van der Waals surface area contributed by atoms with Crippen LogP contribution >= 0.6 is 0 Å². The Morgan fingerprint density at radius 1 is 1.21 bits per heavy atom. The molecule has 0 aliphatic carbocycles. The lowest BCUT2D eigenvalue weighted by Gasteiger charge is -2.12. The van der Waals surface area contributed by atoms with E-state index in [1.165, 1.54) is 5.56 Å². The summed E-state index contributed by atoms with van der Waals surface area (Å²) >= 11 is 0. The second-order valence-corrected chi connectivity index (χ2v) is 5.05. The third-order valence-electron chi connectivity index (χ3n) is 3.38. The Hall–Kier alpha value is -1.35. The number of hydrogen-bond acceptors (Lipinski definition) is 2. The minimum atomic E-state index is 0.164. The Balaban J connectivity index is 2.11. The SMILES string of the molecule is CC(CCNC(=O)CCCCCN)c1ccccc1. The van der Waals surface area contributed by atoms with Crippen LogP contribution in [-0.4, -0.2) is 19.0 Å². The second-order valence-electron chi connectivity index (χ2n) is 5.05. The predicted octanol–water partition coefficient (Wildman–Crippen LogP) is 2.82. The molecule has 1 aromatic rings. The van der Waals surface area contributed by atoms with Crippen LogP contribution in [0.4, 0.5) is 0 Å². The molecule has 0 saturated carbocycles. The van der Waals surface area contributed by atoms with E-state index in [0.29, 0.717) is 12.3 Å². The fourth-order valence-electron chi connectivity index (χ4n) is 2.07. The highest BCUT2D eigenvalue weighted by atomic mass is 16.1. The van der Waals surface area contributed by atoms with Gasteiger partial charge in [-0.2, -0.15) is 0 Å². The van der Waals surface area contributed by atoms with Crippen LogP contribution in [-0.2, 0) is 4.79 Å². The first-order chi connectivity index (χ1) is 9.24. The molecule has 1 unspecified atom stereocenters. The monoisotopic (exact) mass is 262 g/mol. The third kappa shape index (κ3) is 6.97. The number of nitrogens with two attached hydrogens (primary N) is 1. The summed E-state index contributed by atoms with van der Waals surface area (Å²) in [6.45, 7) is 3.67. The standard InChI is InChI=1S/C16H26N2O/c1-14(15-8-4-2-5-9-15)11-13-18-16(19)10-6-3-7-12-17/h2,4-5,8-9,14H,3,6-7,10-13,17H2,1H3,(H,18,19). The molecule has 0 aliphatic heterocycles. The van der Waals surface area contributed by atoms with Gasteiger partial charge in [0.2, 0.25) is 5.91 Å². The number of benzene rings is 1. The summed E-state index contributed by atoms with van der Waals surface area (Å²) < 4.78 is 0. The van der Waals surface area contributed by atoms with E-state index < -0.39 is 0 Å². The first-order valence-electron chi connectivity index (χ1n) is 7.25. The molecule has 0 radical (unpaired) electrons. The average molecular weight is 262 g/mol. The van der Waals surface area contributed by atoms with E-state index in [0.717, 1.165) is 38.8 Å². The number of hydrogen-bond donors (Lipinski definition) is 2. The molecule has 1 rings (SSSR count). The molecule has 0 bridgehead atoms. The van der Waals surface area contributed by atoms with Crippen molar-refractivity contribution in [1.29, 1.82) is 0 Å². The van der Waals surface area contributed by atoms with Gasteiger partial charge in [-0.05, 0) is 37.3 Å². The van der Waals surface area contributed by atoms with Gasteiger partial charge in [-0.1, -0.05) is 43.7 Å². The van der Waals surface area contributed by atoms with E-state index in [1.807, 2.05) is 6.07 Å². The zero-order chi connectivity index (χ0) is 13.9. The quantitative estimate of drug-likeness (QED) is 0.672. The maximum Gasteiger partial charge on any atom is 0.219 e. The Bertz CT molecular complexity index is 351. The summed E-state index contributed by atoms with van der Waals surface area (Å²) in [5.74, 6) is 0.649. The normalized spacial score (nSPS) is 12.1. The van der Waals surface area contributed by atoms with Gasteiger partial charge >= 0.3 is 0 Å². The van der Waals surface area contributed by atoms with E-state index in [1.54, 1.807) is 0 Å². The van der Waals surface area contributed by atoms with Crippen LogP contribution in [0, 0.1) is 0 Å². The van der Waals surface area contributed by atoms with Crippen molar-refractivity contribution in [2.45, 2.75) is 44.9 Å². The molecule has 1 atom stereocenters. The highest BCUT2D eigenvalue weighted by Gasteiger charge is 2.06. The Kier molecular flexibility index (Phi) is 7.91. The van der Waals surface area contributed by atoms with E-state index >= 15 is 0 Å². The molecule has 1 amide bonds. The summed E-state index contributed by atoms with van der Waals surface area (Å²) in [5.41, 5.74) is 6.75. The first-order valence-corrected chi connectivity index (χ1v) is 7.25. The summed E-state index contributed by atoms with van der Waals surface area (Å²) in [6, 6.07) is 10.4. The van der Waals surface area contributed by atoms with Crippen LogP contribution in [0.15, 0.2) is 30.3 Å². The van der Waals surface area contributed by atoms with E-state index in [4.69, 9.17) is 5.73 Å². The van der Waals surface area contributed by atoms with E-state index in [9.17, 15) is 4.79 Å². The molecule has 19 heavy (non-hydrogen) atoms. The molecule has 0 heterocycles. The minimum Gasteiger partial charge on any atom is -0.356 e. The molecule has 106 valence electrons. The average Bonchev–Trinajstić information content (AvgIpc) is 2.44. The molecule has 0 aromatic heterocycles. The maximum absolute atomic E-state index is 11.6. The summed E-state index contributed by atoms with van der Waals surface area (Å²) in [5, 5.41) is 2.99. The third-order valence-corrected chi connectivity index (χ3v) is 3.38. The number of carbonyl (C=O) groups is 1. The summed E-state index contributed by atoms with van der Waals surface area (Å²) in [4.78, 5) is 11.6. The number of amides is 1. The Morgan fingerprint density at radius 2 is 1.95 bits per heavy atom. The van der Waals surface area contributed by atoms with E-state index in [2.05, 4.69) is 36.5 Å². The van der Waals surface area contributed by atoms with Gasteiger partial charge in [0.15, 0.2) is 0 Å². The molecule has 0 saturated heterocycles. The van der Waals surface area contributed by atoms with Crippen molar-refractivity contribution in [1.82, 2.24) is 5.32 Å². The van der Waals surface area contributed by atoms with Crippen LogP contribution in [0.2, 0.25) is 0 Å². The topological polar surface area (TPSA) is 55.1 Å². The first kappa shape index (κ1) is 15.7. The van der Waals surface area contributed by atoms with Crippen molar-refractivity contribution < 1.29 is 4.79 Å². The van der Waals surface area contributed by atoms with Crippen molar-refractivity contribution in [2.75, 3.05) is 13.1 Å².